The zero-order valence-electron chi connectivity index (χ0n) is 11.0. The number of nitrogens with zero attached hydrogens (tertiary/aromatic N) is 4. The number of azide groups is 1. The van der Waals surface area contributed by atoms with E-state index in [2.05, 4.69) is 10.0 Å². The molecular weight excluding hydrogens is 268 g/mol. The van der Waals surface area contributed by atoms with Gasteiger partial charge >= 0.3 is 0 Å². The number of aliphatic hydroxyl groups is 1. The second-order valence-electron chi connectivity index (χ2n) is 4.69. The van der Waals surface area contributed by atoms with Gasteiger partial charge in [0.2, 0.25) is 0 Å². The highest BCUT2D eigenvalue weighted by atomic mass is 16.3. The van der Waals surface area contributed by atoms with Crippen molar-refractivity contribution in [2.45, 2.75) is 5.72 Å². The number of rotatable bonds is 3. The summed E-state index contributed by atoms with van der Waals surface area (Å²) in [4.78, 5) is 16.3. The smallest absolute Gasteiger partial charge is 0.257 e. The molecule has 1 heterocycles. The van der Waals surface area contributed by atoms with Crippen LogP contribution in [0.2, 0.25) is 0 Å². The second kappa shape index (κ2) is 4.94. The molecule has 0 saturated heterocycles. The van der Waals surface area contributed by atoms with Crippen LogP contribution in [0.5, 0.6) is 0 Å². The minimum absolute atomic E-state index is 0.241. The Kier molecular flexibility index (Phi) is 3.10. The van der Waals surface area contributed by atoms with Gasteiger partial charge < -0.3 is 5.11 Å². The molecular formula is C15H12N4O2. The van der Waals surface area contributed by atoms with Crippen LogP contribution in [0.1, 0.15) is 21.5 Å². The third-order valence-electron chi connectivity index (χ3n) is 3.61. The summed E-state index contributed by atoms with van der Waals surface area (Å²) in [7, 11) is 0. The predicted octanol–water partition coefficient (Wildman–Crippen LogP) is 2.60. The molecule has 104 valence electrons. The summed E-state index contributed by atoms with van der Waals surface area (Å²) >= 11 is 0. The van der Waals surface area contributed by atoms with Crippen molar-refractivity contribution >= 4 is 5.91 Å². The number of carbonyl (C=O) groups excluding carboxylic acids is 1. The Hall–Kier alpha value is -2.82. The highest BCUT2D eigenvalue weighted by Crippen LogP contribution is 2.41. The van der Waals surface area contributed by atoms with Crippen molar-refractivity contribution < 1.29 is 9.90 Å². The number of hydrogen-bond donors (Lipinski definition) is 1. The van der Waals surface area contributed by atoms with Crippen LogP contribution >= 0.6 is 0 Å². The lowest BCUT2D eigenvalue weighted by molar-refractivity contribution is -0.0486. The predicted molar refractivity (Wildman–Crippen MR) is 76.1 cm³/mol. The van der Waals surface area contributed by atoms with E-state index in [-0.39, 0.29) is 12.6 Å². The lowest BCUT2D eigenvalue weighted by Crippen LogP contribution is -2.44. The molecule has 0 bridgehead atoms. The number of fused-ring (bicyclic) bond motifs is 1. The van der Waals surface area contributed by atoms with E-state index in [0.717, 1.165) is 0 Å². The van der Waals surface area contributed by atoms with Gasteiger partial charge in [0, 0.05) is 21.6 Å². The Morgan fingerprint density at radius 1 is 1.14 bits per heavy atom. The fourth-order valence-electron chi connectivity index (χ4n) is 2.65. The van der Waals surface area contributed by atoms with E-state index in [1.54, 1.807) is 48.5 Å². The summed E-state index contributed by atoms with van der Waals surface area (Å²) in [6.07, 6.45) is 0. The van der Waals surface area contributed by atoms with Crippen LogP contribution < -0.4 is 0 Å². The third kappa shape index (κ3) is 1.86. The Labute approximate surface area is 120 Å². The van der Waals surface area contributed by atoms with Gasteiger partial charge in [0.1, 0.15) is 6.67 Å². The van der Waals surface area contributed by atoms with E-state index >= 15 is 0 Å². The van der Waals surface area contributed by atoms with Crippen LogP contribution in [-0.4, -0.2) is 22.6 Å². The number of hydrogen-bond acceptors (Lipinski definition) is 3. The van der Waals surface area contributed by atoms with Gasteiger partial charge in [-0.15, -0.1) is 0 Å². The monoisotopic (exact) mass is 280 g/mol. The molecule has 2 aromatic rings. The average Bonchev–Trinajstić information content (AvgIpc) is 2.76. The van der Waals surface area contributed by atoms with Gasteiger partial charge in [-0.25, -0.2) is 0 Å². The van der Waals surface area contributed by atoms with E-state index in [0.29, 0.717) is 16.7 Å². The molecule has 1 N–H and O–H groups in total. The standard InChI is InChI=1S/C15H12N4O2/c16-18-17-10-19-14(20)12-8-4-5-9-13(12)15(19,21)11-6-2-1-3-7-11/h1-9,21H,10H2. The van der Waals surface area contributed by atoms with Gasteiger partial charge in [-0.2, -0.15) is 0 Å². The van der Waals surface area contributed by atoms with Crippen LogP contribution in [0, 0.1) is 0 Å². The van der Waals surface area contributed by atoms with E-state index < -0.39 is 5.72 Å². The van der Waals surface area contributed by atoms with Crippen LogP contribution in [0.25, 0.3) is 10.4 Å². The first kappa shape index (κ1) is 13.2. The molecule has 1 amide bonds. The van der Waals surface area contributed by atoms with Gasteiger partial charge in [0.15, 0.2) is 5.72 Å². The summed E-state index contributed by atoms with van der Waals surface area (Å²) in [5.41, 5.74) is 8.35. The zero-order chi connectivity index (χ0) is 14.9. The highest BCUT2D eigenvalue weighted by Gasteiger charge is 2.49. The molecule has 3 rings (SSSR count). The van der Waals surface area contributed by atoms with E-state index in [1.807, 2.05) is 6.07 Å². The van der Waals surface area contributed by atoms with Crippen molar-refractivity contribution in [1.29, 1.82) is 0 Å². The maximum absolute atomic E-state index is 12.5. The summed E-state index contributed by atoms with van der Waals surface area (Å²) in [5.74, 6) is -0.357. The van der Waals surface area contributed by atoms with Crippen LogP contribution in [0.15, 0.2) is 59.7 Å². The van der Waals surface area contributed by atoms with Crippen molar-refractivity contribution in [2.24, 2.45) is 5.11 Å². The first-order valence-electron chi connectivity index (χ1n) is 6.40. The van der Waals surface area contributed by atoms with Crippen LogP contribution in [0.4, 0.5) is 0 Å². The normalized spacial score (nSPS) is 20.0. The molecule has 21 heavy (non-hydrogen) atoms. The summed E-state index contributed by atoms with van der Waals surface area (Å²) in [6, 6.07) is 15.7. The minimum atomic E-state index is -1.62. The molecule has 2 aromatic carbocycles. The van der Waals surface area contributed by atoms with Crippen molar-refractivity contribution in [3.63, 3.8) is 0 Å². The van der Waals surface area contributed by atoms with Crippen molar-refractivity contribution in [1.82, 2.24) is 4.90 Å². The van der Waals surface area contributed by atoms with Gasteiger partial charge in [0.05, 0.1) is 0 Å². The first-order valence-corrected chi connectivity index (χ1v) is 6.40. The average molecular weight is 280 g/mol. The Balaban J connectivity index is 2.22. The fourth-order valence-corrected chi connectivity index (χ4v) is 2.65. The molecule has 6 nitrogen and oxygen atoms in total. The van der Waals surface area contributed by atoms with Crippen LogP contribution in [-0.2, 0) is 5.72 Å². The third-order valence-corrected chi connectivity index (χ3v) is 3.61. The van der Waals surface area contributed by atoms with Gasteiger partial charge in [0.25, 0.3) is 5.91 Å². The lowest BCUT2D eigenvalue weighted by atomic mass is 9.94. The van der Waals surface area contributed by atoms with E-state index in [9.17, 15) is 9.90 Å². The van der Waals surface area contributed by atoms with Crippen molar-refractivity contribution in [3.8, 4) is 0 Å². The van der Waals surface area contributed by atoms with E-state index in [1.165, 1.54) is 4.90 Å². The van der Waals surface area contributed by atoms with Crippen LogP contribution in [0.3, 0.4) is 0 Å². The van der Waals surface area contributed by atoms with Gasteiger partial charge in [-0.05, 0) is 11.6 Å². The summed E-state index contributed by atoms with van der Waals surface area (Å²) in [5, 5.41) is 14.6. The Morgan fingerprint density at radius 3 is 2.52 bits per heavy atom. The molecule has 1 aliphatic heterocycles. The lowest BCUT2D eigenvalue weighted by Gasteiger charge is -2.33. The quantitative estimate of drug-likeness (QED) is 0.532. The van der Waals surface area contributed by atoms with Crippen molar-refractivity contribution in [2.75, 3.05) is 6.67 Å². The molecule has 1 atom stereocenters. The molecule has 0 spiro atoms. The Bertz CT molecular complexity index is 740. The molecule has 0 fully saturated rings. The zero-order valence-corrected chi connectivity index (χ0v) is 11.0. The SMILES string of the molecule is [N-]=[N+]=NCN1C(=O)c2ccccc2C1(O)c1ccccc1. The minimum Gasteiger partial charge on any atom is -0.363 e. The summed E-state index contributed by atoms with van der Waals surface area (Å²) < 4.78 is 0. The number of benzene rings is 2. The number of amides is 1. The molecule has 0 radical (unpaired) electrons. The van der Waals surface area contributed by atoms with Crippen molar-refractivity contribution in [3.05, 3.63) is 81.7 Å². The number of carbonyl (C=O) groups is 1. The molecule has 1 aliphatic rings. The summed E-state index contributed by atoms with van der Waals surface area (Å²) in [6.45, 7) is -0.241. The fraction of sp³-hybridized carbons (Fsp3) is 0.133. The van der Waals surface area contributed by atoms with E-state index in [4.69, 9.17) is 5.53 Å². The molecule has 0 saturated carbocycles. The maximum Gasteiger partial charge on any atom is 0.257 e. The molecule has 0 aliphatic carbocycles. The highest BCUT2D eigenvalue weighted by molar-refractivity contribution is 6.00. The molecule has 0 aromatic heterocycles. The maximum atomic E-state index is 12.5. The van der Waals surface area contributed by atoms with Gasteiger partial charge in [-0.1, -0.05) is 53.6 Å². The molecule has 1 unspecified atom stereocenters. The first-order chi connectivity index (χ1) is 10.2. The Morgan fingerprint density at radius 2 is 1.81 bits per heavy atom. The largest absolute Gasteiger partial charge is 0.363 e. The molecule has 6 heteroatoms. The van der Waals surface area contributed by atoms with Gasteiger partial charge in [-0.3, -0.25) is 9.69 Å². The topological polar surface area (TPSA) is 89.3 Å². The second-order valence-corrected chi connectivity index (χ2v) is 4.69.